The third kappa shape index (κ3) is 1.53. The fourth-order valence-electron chi connectivity index (χ4n) is 0.467. The predicted octanol–water partition coefficient (Wildman–Crippen LogP) is 3.06. The first-order valence-corrected chi connectivity index (χ1v) is 3.12. The first kappa shape index (κ1) is 7.65. The third-order valence-corrected chi connectivity index (χ3v) is 1.28. The second-order valence-electron chi connectivity index (χ2n) is 1.60. The van der Waals surface area contributed by atoms with E-state index in [9.17, 15) is 13.2 Å². The summed E-state index contributed by atoms with van der Waals surface area (Å²) in [5, 5.41) is 0. The Bertz CT molecular complexity index is 227. The fourth-order valence-corrected chi connectivity index (χ4v) is 0.773. The van der Waals surface area contributed by atoms with Gasteiger partial charge in [0.05, 0.1) is 0 Å². The average Bonchev–Trinajstić information content (AvgIpc) is 2.11. The number of furan rings is 1. The first-order valence-electron chi connectivity index (χ1n) is 2.32. The molecule has 0 bridgehead atoms. The van der Waals surface area contributed by atoms with Crippen molar-refractivity contribution in [2.24, 2.45) is 0 Å². The van der Waals surface area contributed by atoms with Crippen molar-refractivity contribution in [3.8, 4) is 0 Å². The van der Waals surface area contributed by atoms with E-state index in [0.29, 0.717) is 0 Å². The Kier molecular flexibility index (Phi) is 1.76. The van der Waals surface area contributed by atoms with Crippen molar-refractivity contribution in [1.29, 1.82) is 0 Å². The molecule has 0 saturated heterocycles. The summed E-state index contributed by atoms with van der Waals surface area (Å²) in [6, 6.07) is 2.06. The van der Waals surface area contributed by atoms with Crippen LogP contribution in [0, 0.1) is 0 Å². The molecule has 1 aromatic rings. The van der Waals surface area contributed by atoms with Crippen molar-refractivity contribution >= 4 is 15.9 Å². The largest absolute Gasteiger partial charge is 0.449 e. The van der Waals surface area contributed by atoms with Gasteiger partial charge in [0.2, 0.25) is 5.76 Å². The van der Waals surface area contributed by atoms with Gasteiger partial charge in [-0.05, 0) is 28.1 Å². The van der Waals surface area contributed by atoms with Crippen molar-refractivity contribution in [2.75, 3.05) is 0 Å². The van der Waals surface area contributed by atoms with Crippen LogP contribution in [0.1, 0.15) is 5.76 Å². The van der Waals surface area contributed by atoms with Gasteiger partial charge >= 0.3 is 6.18 Å². The van der Waals surface area contributed by atoms with Gasteiger partial charge in [0.25, 0.3) is 0 Å². The van der Waals surface area contributed by atoms with E-state index in [0.717, 1.165) is 6.07 Å². The highest BCUT2D eigenvalue weighted by Crippen LogP contribution is 2.31. The predicted molar refractivity (Wildman–Crippen MR) is 31.4 cm³/mol. The molecule has 0 N–H and O–H groups in total. The minimum atomic E-state index is -4.38. The molecular weight excluding hydrogens is 213 g/mol. The zero-order chi connectivity index (χ0) is 7.78. The Morgan fingerprint density at radius 1 is 1.30 bits per heavy atom. The van der Waals surface area contributed by atoms with Crippen molar-refractivity contribution in [2.45, 2.75) is 6.18 Å². The van der Waals surface area contributed by atoms with Gasteiger partial charge in [0.1, 0.15) is 0 Å². The zero-order valence-electron chi connectivity index (χ0n) is 4.57. The topological polar surface area (TPSA) is 13.1 Å². The van der Waals surface area contributed by atoms with E-state index in [1.807, 2.05) is 0 Å². The monoisotopic (exact) mass is 214 g/mol. The number of rotatable bonds is 0. The number of halogens is 4. The Morgan fingerprint density at radius 3 is 2.10 bits per heavy atom. The summed E-state index contributed by atoms with van der Waals surface area (Å²) in [5.74, 6) is -0.987. The Hall–Kier alpha value is -0.450. The van der Waals surface area contributed by atoms with Gasteiger partial charge in [-0.25, -0.2) is 0 Å². The molecule has 56 valence electrons. The van der Waals surface area contributed by atoms with Crippen LogP contribution in [-0.2, 0) is 6.18 Å². The van der Waals surface area contributed by atoms with E-state index in [4.69, 9.17) is 0 Å². The SMILES string of the molecule is FC(F)(F)c1ccc(Br)o1. The van der Waals surface area contributed by atoms with Crippen LogP contribution in [0.25, 0.3) is 0 Å². The molecule has 0 aromatic carbocycles. The quantitative estimate of drug-likeness (QED) is 0.648. The fraction of sp³-hybridized carbons (Fsp3) is 0.200. The van der Waals surface area contributed by atoms with E-state index < -0.39 is 11.9 Å². The van der Waals surface area contributed by atoms with Crippen LogP contribution in [0.15, 0.2) is 21.2 Å². The van der Waals surface area contributed by atoms with Gasteiger partial charge in [0.15, 0.2) is 4.67 Å². The standard InChI is InChI=1S/C5H2BrF3O/c6-4-2-1-3(10-4)5(7,8)9/h1-2H. The molecule has 0 amide bonds. The summed E-state index contributed by atoms with van der Waals surface area (Å²) in [6.45, 7) is 0. The highest BCUT2D eigenvalue weighted by molar-refractivity contribution is 9.10. The van der Waals surface area contributed by atoms with E-state index in [2.05, 4.69) is 20.3 Å². The van der Waals surface area contributed by atoms with Crippen LogP contribution in [0.2, 0.25) is 0 Å². The maximum atomic E-state index is 11.7. The van der Waals surface area contributed by atoms with Gasteiger partial charge in [0, 0.05) is 0 Å². The average molecular weight is 215 g/mol. The van der Waals surface area contributed by atoms with Crippen LogP contribution in [0.4, 0.5) is 13.2 Å². The van der Waals surface area contributed by atoms with Gasteiger partial charge < -0.3 is 4.42 Å². The summed E-state index contributed by atoms with van der Waals surface area (Å²) in [4.78, 5) is 0. The lowest BCUT2D eigenvalue weighted by atomic mass is 10.4. The van der Waals surface area contributed by atoms with E-state index in [1.165, 1.54) is 6.07 Å². The Labute approximate surface area is 63.0 Å². The highest BCUT2D eigenvalue weighted by Gasteiger charge is 2.34. The molecule has 0 radical (unpaired) electrons. The first-order chi connectivity index (χ1) is 4.50. The van der Waals surface area contributed by atoms with Crippen LogP contribution < -0.4 is 0 Å². The Balaban J connectivity index is 2.96. The summed E-state index contributed by atoms with van der Waals surface area (Å²) >= 11 is 2.76. The lowest BCUT2D eigenvalue weighted by Gasteiger charge is -1.98. The van der Waals surface area contributed by atoms with Crippen LogP contribution >= 0.6 is 15.9 Å². The second-order valence-corrected chi connectivity index (χ2v) is 2.38. The van der Waals surface area contributed by atoms with Crippen molar-refractivity contribution < 1.29 is 17.6 Å². The van der Waals surface area contributed by atoms with Gasteiger partial charge in [-0.2, -0.15) is 13.2 Å². The maximum Gasteiger partial charge on any atom is 0.449 e. The third-order valence-electron chi connectivity index (χ3n) is 0.853. The number of alkyl halides is 3. The van der Waals surface area contributed by atoms with E-state index in [1.54, 1.807) is 0 Å². The molecule has 0 aliphatic carbocycles. The molecule has 0 saturated carbocycles. The van der Waals surface area contributed by atoms with E-state index >= 15 is 0 Å². The summed E-state index contributed by atoms with van der Waals surface area (Å²) in [7, 11) is 0. The molecule has 10 heavy (non-hydrogen) atoms. The highest BCUT2D eigenvalue weighted by atomic mass is 79.9. The molecule has 0 spiro atoms. The van der Waals surface area contributed by atoms with Crippen molar-refractivity contribution in [3.63, 3.8) is 0 Å². The minimum absolute atomic E-state index is 0.0832. The summed E-state index contributed by atoms with van der Waals surface area (Å²) in [6.07, 6.45) is -4.38. The van der Waals surface area contributed by atoms with Gasteiger partial charge in [-0.1, -0.05) is 0 Å². The lowest BCUT2D eigenvalue weighted by Crippen LogP contribution is -2.01. The zero-order valence-corrected chi connectivity index (χ0v) is 6.16. The molecule has 0 aliphatic heterocycles. The van der Waals surface area contributed by atoms with Crippen molar-refractivity contribution in [1.82, 2.24) is 0 Å². The molecule has 0 unspecified atom stereocenters. The minimum Gasteiger partial charge on any atom is -0.445 e. The normalized spacial score (nSPS) is 12.0. The molecular formula is C5H2BrF3O. The smallest absolute Gasteiger partial charge is 0.445 e. The maximum absolute atomic E-state index is 11.7. The number of hydrogen-bond acceptors (Lipinski definition) is 1. The Morgan fingerprint density at radius 2 is 1.90 bits per heavy atom. The molecule has 1 rings (SSSR count). The van der Waals surface area contributed by atoms with Gasteiger partial charge in [-0.15, -0.1) is 0 Å². The molecule has 1 nitrogen and oxygen atoms in total. The molecule has 1 heterocycles. The molecule has 5 heteroatoms. The van der Waals surface area contributed by atoms with Crippen LogP contribution in [0.5, 0.6) is 0 Å². The summed E-state index contributed by atoms with van der Waals surface area (Å²) < 4.78 is 39.4. The summed E-state index contributed by atoms with van der Waals surface area (Å²) in [5.41, 5.74) is 0. The molecule has 1 aromatic heterocycles. The molecule has 0 atom stereocenters. The van der Waals surface area contributed by atoms with Crippen LogP contribution in [0.3, 0.4) is 0 Å². The lowest BCUT2D eigenvalue weighted by molar-refractivity contribution is -0.153. The molecule has 0 aliphatic rings. The second kappa shape index (κ2) is 2.30. The van der Waals surface area contributed by atoms with E-state index in [-0.39, 0.29) is 4.67 Å². The number of hydrogen-bond donors (Lipinski definition) is 0. The molecule has 0 fully saturated rings. The van der Waals surface area contributed by atoms with Gasteiger partial charge in [-0.3, -0.25) is 0 Å². The van der Waals surface area contributed by atoms with Crippen molar-refractivity contribution in [3.05, 3.63) is 22.6 Å². The van der Waals surface area contributed by atoms with Crippen LogP contribution in [-0.4, -0.2) is 0 Å².